The van der Waals surface area contributed by atoms with Crippen LogP contribution in [0.25, 0.3) is 11.3 Å². The van der Waals surface area contributed by atoms with E-state index in [0.717, 1.165) is 5.56 Å². The number of piperazine rings is 1. The van der Waals surface area contributed by atoms with Crippen molar-refractivity contribution >= 4 is 11.9 Å². The summed E-state index contributed by atoms with van der Waals surface area (Å²) < 4.78 is 5.22. The van der Waals surface area contributed by atoms with E-state index in [9.17, 15) is 9.59 Å². The Kier molecular flexibility index (Phi) is 4.50. The third kappa shape index (κ3) is 3.24. The fourth-order valence-corrected chi connectivity index (χ4v) is 2.66. The summed E-state index contributed by atoms with van der Waals surface area (Å²) in [5.74, 6) is 0.0304. The molecule has 0 saturated carbocycles. The first kappa shape index (κ1) is 16.0. The first-order valence-corrected chi connectivity index (χ1v) is 7.84. The van der Waals surface area contributed by atoms with Crippen LogP contribution < -0.4 is 0 Å². The van der Waals surface area contributed by atoms with Gasteiger partial charge in [-0.05, 0) is 0 Å². The van der Waals surface area contributed by atoms with Crippen molar-refractivity contribution in [2.45, 2.75) is 0 Å². The van der Waals surface area contributed by atoms with E-state index in [0.29, 0.717) is 31.9 Å². The largest absolute Gasteiger partial charge is 0.350 e. The number of carbonyl (C=O) groups excluding carboxylic acids is 2. The molecular formula is C17H20N4O3. The smallest absolute Gasteiger partial charge is 0.319 e. The lowest BCUT2D eigenvalue weighted by Gasteiger charge is -2.35. The maximum Gasteiger partial charge on any atom is 0.319 e. The van der Waals surface area contributed by atoms with Gasteiger partial charge in [0.2, 0.25) is 5.76 Å². The molecule has 0 bridgehead atoms. The molecule has 24 heavy (non-hydrogen) atoms. The number of aromatic nitrogens is 1. The number of nitrogens with zero attached hydrogens (tertiary/aromatic N) is 4. The summed E-state index contributed by atoms with van der Waals surface area (Å²) in [6, 6.07) is 11.2. The van der Waals surface area contributed by atoms with Gasteiger partial charge in [0, 0.05) is 51.9 Å². The third-order valence-electron chi connectivity index (χ3n) is 4.01. The quantitative estimate of drug-likeness (QED) is 0.842. The molecule has 126 valence electrons. The van der Waals surface area contributed by atoms with Crippen molar-refractivity contribution in [3.8, 4) is 11.3 Å². The number of benzene rings is 1. The topological polar surface area (TPSA) is 69.9 Å². The minimum absolute atomic E-state index is 0.0341. The molecule has 3 rings (SSSR count). The van der Waals surface area contributed by atoms with Gasteiger partial charge in [-0.25, -0.2) is 4.79 Å². The third-order valence-corrected chi connectivity index (χ3v) is 4.01. The molecule has 1 aliphatic rings. The lowest BCUT2D eigenvalue weighted by atomic mass is 10.1. The van der Waals surface area contributed by atoms with Gasteiger partial charge in [0.25, 0.3) is 5.91 Å². The molecule has 0 unspecified atom stereocenters. The van der Waals surface area contributed by atoms with Crippen molar-refractivity contribution in [2.24, 2.45) is 0 Å². The zero-order valence-corrected chi connectivity index (χ0v) is 13.8. The normalized spacial score (nSPS) is 14.6. The summed E-state index contributed by atoms with van der Waals surface area (Å²) in [6.07, 6.45) is 0. The first-order chi connectivity index (χ1) is 11.6. The molecule has 1 aliphatic heterocycles. The average Bonchev–Trinajstić information content (AvgIpc) is 3.11. The molecular weight excluding hydrogens is 308 g/mol. The molecule has 0 spiro atoms. The van der Waals surface area contributed by atoms with Crippen LogP contribution in [0.2, 0.25) is 0 Å². The Labute approximate surface area is 140 Å². The average molecular weight is 328 g/mol. The molecule has 1 fully saturated rings. The number of carbonyl (C=O) groups is 2. The maximum absolute atomic E-state index is 12.5. The van der Waals surface area contributed by atoms with Crippen molar-refractivity contribution in [2.75, 3.05) is 40.3 Å². The molecule has 0 aliphatic carbocycles. The molecule has 0 N–H and O–H groups in total. The van der Waals surface area contributed by atoms with E-state index < -0.39 is 0 Å². The maximum atomic E-state index is 12.5. The van der Waals surface area contributed by atoms with E-state index in [1.54, 1.807) is 34.9 Å². The van der Waals surface area contributed by atoms with E-state index >= 15 is 0 Å². The molecule has 1 saturated heterocycles. The van der Waals surface area contributed by atoms with Crippen LogP contribution in [0.5, 0.6) is 0 Å². The van der Waals surface area contributed by atoms with Crippen LogP contribution in [-0.2, 0) is 0 Å². The lowest BCUT2D eigenvalue weighted by molar-refractivity contribution is 0.0611. The fraction of sp³-hybridized carbons (Fsp3) is 0.353. The summed E-state index contributed by atoms with van der Waals surface area (Å²) in [5, 5.41) is 3.98. The second-order valence-electron chi connectivity index (χ2n) is 5.90. The Morgan fingerprint density at radius 1 is 1.04 bits per heavy atom. The first-order valence-electron chi connectivity index (χ1n) is 7.84. The summed E-state index contributed by atoms with van der Waals surface area (Å²) >= 11 is 0. The van der Waals surface area contributed by atoms with Crippen LogP contribution in [0.15, 0.2) is 40.9 Å². The Morgan fingerprint density at radius 3 is 2.29 bits per heavy atom. The molecule has 7 nitrogen and oxygen atoms in total. The molecule has 0 radical (unpaired) electrons. The number of amides is 3. The monoisotopic (exact) mass is 328 g/mol. The predicted octanol–water partition coefficient (Wildman–Crippen LogP) is 1.78. The number of hydrogen-bond acceptors (Lipinski definition) is 4. The highest BCUT2D eigenvalue weighted by Gasteiger charge is 2.27. The zero-order chi connectivity index (χ0) is 17.1. The molecule has 1 aromatic carbocycles. The molecule has 7 heteroatoms. The van der Waals surface area contributed by atoms with Crippen LogP contribution >= 0.6 is 0 Å². The van der Waals surface area contributed by atoms with Crippen LogP contribution in [0.1, 0.15) is 10.6 Å². The van der Waals surface area contributed by atoms with Crippen molar-refractivity contribution in [1.82, 2.24) is 19.9 Å². The van der Waals surface area contributed by atoms with E-state index in [1.165, 1.54) is 0 Å². The Morgan fingerprint density at radius 2 is 1.67 bits per heavy atom. The highest BCUT2D eigenvalue weighted by molar-refractivity contribution is 5.92. The van der Waals surface area contributed by atoms with Crippen LogP contribution in [0.4, 0.5) is 4.79 Å². The zero-order valence-electron chi connectivity index (χ0n) is 13.8. The van der Waals surface area contributed by atoms with E-state index in [1.807, 2.05) is 30.3 Å². The number of urea groups is 1. The van der Waals surface area contributed by atoms with Crippen LogP contribution in [-0.4, -0.2) is 72.1 Å². The van der Waals surface area contributed by atoms with E-state index in [2.05, 4.69) is 5.16 Å². The Bertz CT molecular complexity index is 718. The predicted molar refractivity (Wildman–Crippen MR) is 88.5 cm³/mol. The molecule has 3 amide bonds. The highest BCUT2D eigenvalue weighted by Crippen LogP contribution is 2.20. The van der Waals surface area contributed by atoms with Gasteiger partial charge in [0.05, 0.1) is 0 Å². The molecule has 2 heterocycles. The minimum Gasteiger partial charge on any atom is -0.350 e. The standard InChI is InChI=1S/C17H20N4O3/c1-19(2)17(23)21-10-8-20(9-11-21)16(22)15-12-14(18-24-15)13-6-4-3-5-7-13/h3-7,12H,8-11H2,1-2H3. The number of rotatable bonds is 2. The lowest BCUT2D eigenvalue weighted by Crippen LogP contribution is -2.52. The van der Waals surface area contributed by atoms with Gasteiger partial charge in [-0.15, -0.1) is 0 Å². The number of hydrogen-bond donors (Lipinski definition) is 0. The van der Waals surface area contributed by atoms with Crippen LogP contribution in [0.3, 0.4) is 0 Å². The minimum atomic E-state index is -0.193. The Balaban J connectivity index is 1.64. The van der Waals surface area contributed by atoms with Gasteiger partial charge in [-0.2, -0.15) is 0 Å². The van der Waals surface area contributed by atoms with Crippen molar-refractivity contribution in [3.63, 3.8) is 0 Å². The van der Waals surface area contributed by atoms with E-state index in [-0.39, 0.29) is 17.7 Å². The summed E-state index contributed by atoms with van der Waals surface area (Å²) in [4.78, 5) is 29.4. The molecule has 0 atom stereocenters. The van der Waals surface area contributed by atoms with Gasteiger partial charge in [0.15, 0.2) is 0 Å². The van der Waals surface area contributed by atoms with Crippen molar-refractivity contribution in [1.29, 1.82) is 0 Å². The highest BCUT2D eigenvalue weighted by atomic mass is 16.5. The second kappa shape index (κ2) is 6.74. The van der Waals surface area contributed by atoms with Gasteiger partial charge in [0.1, 0.15) is 5.69 Å². The van der Waals surface area contributed by atoms with Crippen molar-refractivity contribution in [3.05, 3.63) is 42.2 Å². The fourth-order valence-electron chi connectivity index (χ4n) is 2.66. The SMILES string of the molecule is CN(C)C(=O)N1CCN(C(=O)c2cc(-c3ccccc3)no2)CC1. The summed E-state index contributed by atoms with van der Waals surface area (Å²) in [7, 11) is 3.44. The van der Waals surface area contributed by atoms with Crippen molar-refractivity contribution < 1.29 is 14.1 Å². The van der Waals surface area contributed by atoms with Crippen LogP contribution in [0, 0.1) is 0 Å². The summed E-state index contributed by atoms with van der Waals surface area (Å²) in [5.41, 5.74) is 1.54. The van der Waals surface area contributed by atoms with Gasteiger partial charge in [-0.1, -0.05) is 35.5 Å². The van der Waals surface area contributed by atoms with Gasteiger partial charge >= 0.3 is 6.03 Å². The molecule has 1 aromatic heterocycles. The van der Waals surface area contributed by atoms with Gasteiger partial charge < -0.3 is 19.2 Å². The Hall–Kier alpha value is -2.83. The second-order valence-corrected chi connectivity index (χ2v) is 5.90. The summed E-state index contributed by atoms with van der Waals surface area (Å²) in [6.45, 7) is 2.00. The van der Waals surface area contributed by atoms with Gasteiger partial charge in [-0.3, -0.25) is 4.79 Å². The molecule has 2 aromatic rings. The van der Waals surface area contributed by atoms with E-state index in [4.69, 9.17) is 4.52 Å².